The summed E-state index contributed by atoms with van der Waals surface area (Å²) in [6, 6.07) is 14.6. The first-order chi connectivity index (χ1) is 14.1. The van der Waals surface area contributed by atoms with Crippen LogP contribution in [0.2, 0.25) is 0 Å². The van der Waals surface area contributed by atoms with Crippen molar-refractivity contribution in [3.05, 3.63) is 70.5 Å². The third-order valence-corrected chi connectivity index (χ3v) is 5.38. The van der Waals surface area contributed by atoms with E-state index in [1.165, 1.54) is 11.8 Å². The molecule has 4 aromatic rings. The summed E-state index contributed by atoms with van der Waals surface area (Å²) in [5, 5.41) is 9.70. The van der Waals surface area contributed by atoms with Gasteiger partial charge >= 0.3 is 0 Å². The van der Waals surface area contributed by atoms with Crippen LogP contribution in [0.25, 0.3) is 10.9 Å². The van der Waals surface area contributed by atoms with Crippen molar-refractivity contribution >= 4 is 22.7 Å². The maximum absolute atomic E-state index is 12.2. The molecular weight excluding hydrogens is 390 g/mol. The van der Waals surface area contributed by atoms with E-state index in [1.807, 2.05) is 54.1 Å². The minimum Gasteiger partial charge on any atom is -0.497 e. The number of aromatic amines is 1. The number of nitrogens with zero attached hydrogens (tertiary/aromatic N) is 4. The van der Waals surface area contributed by atoms with Gasteiger partial charge < -0.3 is 19.0 Å². The highest BCUT2D eigenvalue weighted by molar-refractivity contribution is 7.98. The lowest BCUT2D eigenvalue weighted by Crippen LogP contribution is -2.11. The largest absolute Gasteiger partial charge is 0.497 e. The van der Waals surface area contributed by atoms with Crippen LogP contribution in [0.5, 0.6) is 11.5 Å². The average Bonchev–Trinajstić information content (AvgIpc) is 3.10. The van der Waals surface area contributed by atoms with Gasteiger partial charge in [0.25, 0.3) is 5.56 Å². The zero-order chi connectivity index (χ0) is 20.2. The van der Waals surface area contributed by atoms with Gasteiger partial charge in [-0.25, -0.2) is 4.98 Å². The Labute approximate surface area is 170 Å². The number of thioether (sulfide) groups is 1. The number of methoxy groups -OCH3 is 1. The van der Waals surface area contributed by atoms with Gasteiger partial charge in [0, 0.05) is 7.05 Å². The Morgan fingerprint density at radius 3 is 2.62 bits per heavy atom. The standard InChI is InChI=1S/C20H19N5O3S/c1-25-18(11-28-14-9-7-13(27-2)8-10-14)23-24-20(25)29-12-17-21-16-6-4-3-5-15(16)19(26)22-17/h3-10H,11-12H2,1-2H3,(H,21,22,26). The van der Waals surface area contributed by atoms with Crippen LogP contribution in [-0.4, -0.2) is 31.8 Å². The summed E-state index contributed by atoms with van der Waals surface area (Å²) in [4.78, 5) is 19.5. The lowest BCUT2D eigenvalue weighted by molar-refractivity contribution is 0.290. The smallest absolute Gasteiger partial charge is 0.258 e. The topological polar surface area (TPSA) is 94.9 Å². The summed E-state index contributed by atoms with van der Waals surface area (Å²) in [5.74, 6) is 3.27. The molecule has 0 bridgehead atoms. The van der Waals surface area contributed by atoms with Crippen molar-refractivity contribution in [2.75, 3.05) is 7.11 Å². The maximum Gasteiger partial charge on any atom is 0.258 e. The van der Waals surface area contributed by atoms with E-state index in [2.05, 4.69) is 20.2 Å². The van der Waals surface area contributed by atoms with E-state index in [9.17, 15) is 4.79 Å². The van der Waals surface area contributed by atoms with Gasteiger partial charge in [-0.3, -0.25) is 4.79 Å². The second kappa shape index (κ2) is 8.36. The molecule has 8 nitrogen and oxygen atoms in total. The number of H-pyrrole nitrogens is 1. The number of fused-ring (bicyclic) bond motifs is 1. The van der Waals surface area contributed by atoms with Crippen molar-refractivity contribution < 1.29 is 9.47 Å². The van der Waals surface area contributed by atoms with Gasteiger partial charge in [-0.1, -0.05) is 23.9 Å². The molecule has 0 radical (unpaired) electrons. The van der Waals surface area contributed by atoms with Gasteiger partial charge in [0.15, 0.2) is 11.0 Å². The van der Waals surface area contributed by atoms with Gasteiger partial charge in [0.1, 0.15) is 23.9 Å². The molecule has 1 N–H and O–H groups in total. The third kappa shape index (κ3) is 4.24. The SMILES string of the molecule is COc1ccc(OCc2nnc(SCc3nc4ccccc4c(=O)[nH]3)n2C)cc1. The predicted molar refractivity (Wildman–Crippen MR) is 110 cm³/mol. The van der Waals surface area contributed by atoms with Crippen molar-refractivity contribution in [3.8, 4) is 11.5 Å². The predicted octanol–water partition coefficient (Wildman–Crippen LogP) is 2.93. The van der Waals surface area contributed by atoms with E-state index in [-0.39, 0.29) is 5.56 Å². The molecule has 0 aliphatic carbocycles. The Hall–Kier alpha value is -3.33. The third-order valence-electron chi connectivity index (χ3n) is 4.35. The van der Waals surface area contributed by atoms with Crippen LogP contribution in [0.3, 0.4) is 0 Å². The average molecular weight is 409 g/mol. The number of benzene rings is 2. The van der Waals surface area contributed by atoms with E-state index in [0.717, 1.165) is 11.5 Å². The van der Waals surface area contributed by atoms with Crippen LogP contribution in [0.4, 0.5) is 0 Å². The molecule has 0 atom stereocenters. The quantitative estimate of drug-likeness (QED) is 0.469. The van der Waals surface area contributed by atoms with Gasteiger partial charge in [0.05, 0.1) is 23.8 Å². The highest BCUT2D eigenvalue weighted by Crippen LogP contribution is 2.21. The summed E-state index contributed by atoms with van der Waals surface area (Å²) < 4.78 is 12.8. The van der Waals surface area contributed by atoms with Gasteiger partial charge in [-0.05, 0) is 36.4 Å². The molecular formula is C20H19N5O3S. The fourth-order valence-corrected chi connectivity index (χ4v) is 3.55. The maximum atomic E-state index is 12.2. The van der Waals surface area contributed by atoms with Crippen LogP contribution < -0.4 is 15.0 Å². The van der Waals surface area contributed by atoms with Crippen LogP contribution in [-0.2, 0) is 19.4 Å². The van der Waals surface area contributed by atoms with Crippen LogP contribution >= 0.6 is 11.8 Å². The highest BCUT2D eigenvalue weighted by Gasteiger charge is 2.12. The Morgan fingerprint density at radius 1 is 1.07 bits per heavy atom. The van der Waals surface area contributed by atoms with Crippen molar-refractivity contribution in [3.63, 3.8) is 0 Å². The van der Waals surface area contributed by atoms with Crippen LogP contribution in [0.1, 0.15) is 11.6 Å². The molecule has 0 aliphatic heterocycles. The van der Waals surface area contributed by atoms with Crippen LogP contribution in [0, 0.1) is 0 Å². The summed E-state index contributed by atoms with van der Waals surface area (Å²) in [6.07, 6.45) is 0. The molecule has 0 saturated heterocycles. The van der Waals surface area contributed by atoms with Crippen molar-refractivity contribution in [1.82, 2.24) is 24.7 Å². The first kappa shape index (κ1) is 19.0. The lowest BCUT2D eigenvalue weighted by atomic mass is 10.2. The van der Waals surface area contributed by atoms with E-state index in [0.29, 0.717) is 40.1 Å². The van der Waals surface area contributed by atoms with E-state index >= 15 is 0 Å². The van der Waals surface area contributed by atoms with E-state index < -0.39 is 0 Å². The first-order valence-corrected chi connectivity index (χ1v) is 9.88. The van der Waals surface area contributed by atoms with Gasteiger partial charge in [0.2, 0.25) is 0 Å². The molecule has 148 valence electrons. The Kier molecular flexibility index (Phi) is 5.48. The van der Waals surface area contributed by atoms with Crippen molar-refractivity contribution in [2.45, 2.75) is 17.5 Å². The Bertz CT molecular complexity index is 1190. The number of hydrogen-bond donors (Lipinski definition) is 1. The molecule has 0 amide bonds. The van der Waals surface area contributed by atoms with Crippen molar-refractivity contribution in [1.29, 1.82) is 0 Å². The number of rotatable bonds is 7. The number of aromatic nitrogens is 5. The van der Waals surface area contributed by atoms with E-state index in [4.69, 9.17) is 9.47 Å². The Balaban J connectivity index is 1.41. The molecule has 2 aromatic carbocycles. The lowest BCUT2D eigenvalue weighted by Gasteiger charge is -2.07. The van der Waals surface area contributed by atoms with Gasteiger partial charge in [-0.2, -0.15) is 0 Å². The molecule has 29 heavy (non-hydrogen) atoms. The Morgan fingerprint density at radius 2 is 1.83 bits per heavy atom. The van der Waals surface area contributed by atoms with Crippen molar-refractivity contribution in [2.24, 2.45) is 7.05 Å². The first-order valence-electron chi connectivity index (χ1n) is 8.90. The minimum atomic E-state index is -0.141. The molecule has 0 saturated carbocycles. The van der Waals surface area contributed by atoms with Crippen LogP contribution in [0.15, 0.2) is 58.5 Å². The highest BCUT2D eigenvalue weighted by atomic mass is 32.2. The van der Waals surface area contributed by atoms with E-state index in [1.54, 1.807) is 13.2 Å². The number of hydrogen-bond acceptors (Lipinski definition) is 7. The number of ether oxygens (including phenoxy) is 2. The molecule has 0 spiro atoms. The molecule has 2 aromatic heterocycles. The number of nitrogens with one attached hydrogen (secondary N) is 1. The fourth-order valence-electron chi connectivity index (χ4n) is 2.75. The van der Waals surface area contributed by atoms with Gasteiger partial charge in [-0.15, -0.1) is 10.2 Å². The molecule has 9 heteroatoms. The number of para-hydroxylation sites is 1. The molecule has 0 fully saturated rings. The molecule has 0 unspecified atom stereocenters. The summed E-state index contributed by atoms with van der Waals surface area (Å²) >= 11 is 1.45. The molecule has 0 aliphatic rings. The second-order valence-electron chi connectivity index (χ2n) is 6.24. The minimum absolute atomic E-state index is 0.141. The summed E-state index contributed by atoms with van der Waals surface area (Å²) in [5.41, 5.74) is 0.538. The summed E-state index contributed by atoms with van der Waals surface area (Å²) in [6.45, 7) is 0.293. The second-order valence-corrected chi connectivity index (χ2v) is 7.18. The summed E-state index contributed by atoms with van der Waals surface area (Å²) in [7, 11) is 3.50. The zero-order valence-electron chi connectivity index (χ0n) is 16.0. The fraction of sp³-hybridized carbons (Fsp3) is 0.200. The molecule has 4 rings (SSSR count). The molecule has 2 heterocycles. The zero-order valence-corrected chi connectivity index (χ0v) is 16.8. The monoisotopic (exact) mass is 409 g/mol. The normalized spacial score (nSPS) is 11.0.